The smallest absolute Gasteiger partial charge is 0.237 e. The Bertz CT molecular complexity index is 914. The number of nitrogens with zero attached hydrogens (tertiary/aromatic N) is 3. The zero-order valence-corrected chi connectivity index (χ0v) is 15.7. The van der Waals surface area contributed by atoms with Crippen LogP contribution in [0.25, 0.3) is 5.65 Å². The van der Waals surface area contributed by atoms with E-state index in [2.05, 4.69) is 15.5 Å². The number of hydrogen-bond donors (Lipinski definition) is 1. The zero-order valence-electron chi connectivity index (χ0n) is 13.4. The molecule has 2 heterocycles. The minimum absolute atomic E-state index is 0.153. The highest BCUT2D eigenvalue weighted by Gasteiger charge is 2.19. The lowest BCUT2D eigenvalue weighted by atomic mass is 10.3. The monoisotopic (exact) mass is 396 g/mol. The molecule has 0 bridgehead atoms. The number of anilines is 1. The van der Waals surface area contributed by atoms with E-state index in [4.69, 9.17) is 27.9 Å². The van der Waals surface area contributed by atoms with Gasteiger partial charge in [-0.2, -0.15) is 0 Å². The number of fused-ring (bicyclic) bond motifs is 1. The van der Waals surface area contributed by atoms with Crippen molar-refractivity contribution >= 4 is 52.2 Å². The maximum absolute atomic E-state index is 12.4. The average Bonchev–Trinajstić information content (AvgIpc) is 2.98. The molecule has 0 aliphatic rings. The zero-order chi connectivity index (χ0) is 18.0. The van der Waals surface area contributed by atoms with Gasteiger partial charge in [0.25, 0.3) is 0 Å². The van der Waals surface area contributed by atoms with Crippen molar-refractivity contribution < 1.29 is 9.53 Å². The number of methoxy groups -OCH3 is 1. The maximum atomic E-state index is 12.4. The first-order chi connectivity index (χ1) is 12.0. The molecule has 3 rings (SSSR count). The fraction of sp³-hybridized carbons (Fsp3) is 0.188. The molecule has 0 saturated heterocycles. The number of hydrogen-bond acceptors (Lipinski definition) is 5. The van der Waals surface area contributed by atoms with E-state index in [1.807, 2.05) is 0 Å². The lowest BCUT2D eigenvalue weighted by Crippen LogP contribution is -2.22. The van der Waals surface area contributed by atoms with Crippen molar-refractivity contribution in [2.24, 2.45) is 0 Å². The standard InChI is InChI=1S/C16H14Cl2N4O2S/c1-9(15(23)19-11-3-5-12(24-2)6-4-11)25-16-21-20-14-13(18)7-10(17)8-22(14)16/h3-9H,1-2H3,(H,19,23)/t9-/m1/s1. The van der Waals surface area contributed by atoms with Crippen LogP contribution in [-0.2, 0) is 4.79 Å². The van der Waals surface area contributed by atoms with E-state index >= 15 is 0 Å². The van der Waals surface area contributed by atoms with E-state index < -0.39 is 5.25 Å². The lowest BCUT2D eigenvalue weighted by Gasteiger charge is -2.11. The van der Waals surface area contributed by atoms with E-state index in [0.29, 0.717) is 26.5 Å². The van der Waals surface area contributed by atoms with Crippen molar-refractivity contribution in [1.82, 2.24) is 14.6 Å². The Balaban J connectivity index is 1.73. The van der Waals surface area contributed by atoms with Gasteiger partial charge in [0.15, 0.2) is 10.8 Å². The number of nitrogens with one attached hydrogen (secondary N) is 1. The Morgan fingerprint density at radius 1 is 1.28 bits per heavy atom. The number of carbonyl (C=O) groups is 1. The third-order valence-electron chi connectivity index (χ3n) is 3.40. The Labute approximate surface area is 158 Å². The molecule has 1 atom stereocenters. The van der Waals surface area contributed by atoms with Crippen LogP contribution in [0.5, 0.6) is 5.75 Å². The highest BCUT2D eigenvalue weighted by Crippen LogP contribution is 2.28. The first-order valence-corrected chi connectivity index (χ1v) is 8.93. The molecular formula is C16H14Cl2N4O2S. The quantitative estimate of drug-likeness (QED) is 0.655. The molecule has 1 N–H and O–H groups in total. The Kier molecular flexibility index (Phi) is 5.36. The molecule has 0 aliphatic carbocycles. The molecule has 0 spiro atoms. The number of aromatic nitrogens is 3. The minimum atomic E-state index is -0.396. The molecule has 130 valence electrons. The molecule has 1 amide bonds. The predicted molar refractivity (Wildman–Crippen MR) is 99.9 cm³/mol. The number of rotatable bonds is 5. The first kappa shape index (κ1) is 17.8. The topological polar surface area (TPSA) is 68.5 Å². The summed E-state index contributed by atoms with van der Waals surface area (Å²) < 4.78 is 6.77. The summed E-state index contributed by atoms with van der Waals surface area (Å²) in [6.45, 7) is 1.79. The third kappa shape index (κ3) is 4.00. The van der Waals surface area contributed by atoms with Crippen molar-refractivity contribution in [2.75, 3.05) is 12.4 Å². The van der Waals surface area contributed by atoms with Crippen LogP contribution in [0.1, 0.15) is 6.92 Å². The summed E-state index contributed by atoms with van der Waals surface area (Å²) in [5.74, 6) is 0.573. The van der Waals surface area contributed by atoms with E-state index in [1.165, 1.54) is 11.8 Å². The molecule has 9 heteroatoms. The van der Waals surface area contributed by atoms with Crippen LogP contribution in [0.4, 0.5) is 5.69 Å². The molecular weight excluding hydrogens is 383 g/mol. The van der Waals surface area contributed by atoms with Gasteiger partial charge in [-0.1, -0.05) is 35.0 Å². The van der Waals surface area contributed by atoms with Crippen molar-refractivity contribution in [2.45, 2.75) is 17.3 Å². The largest absolute Gasteiger partial charge is 0.497 e. The van der Waals surface area contributed by atoms with Crippen molar-refractivity contribution in [3.63, 3.8) is 0 Å². The second-order valence-corrected chi connectivity index (χ2v) is 7.31. The summed E-state index contributed by atoms with van der Waals surface area (Å²) >= 11 is 13.4. The van der Waals surface area contributed by atoms with Crippen LogP contribution in [0.2, 0.25) is 10.0 Å². The van der Waals surface area contributed by atoms with Crippen molar-refractivity contribution in [3.05, 3.63) is 46.6 Å². The van der Waals surface area contributed by atoms with Gasteiger partial charge >= 0.3 is 0 Å². The van der Waals surface area contributed by atoms with Crippen LogP contribution in [0.15, 0.2) is 41.7 Å². The Morgan fingerprint density at radius 3 is 2.68 bits per heavy atom. The van der Waals surface area contributed by atoms with Gasteiger partial charge in [0.1, 0.15) is 5.75 Å². The summed E-state index contributed by atoms with van der Waals surface area (Å²) in [6.07, 6.45) is 1.67. The normalized spacial score (nSPS) is 12.2. The van der Waals surface area contributed by atoms with Crippen LogP contribution in [-0.4, -0.2) is 32.9 Å². The van der Waals surface area contributed by atoms with Gasteiger partial charge in [-0.3, -0.25) is 9.20 Å². The summed E-state index contributed by atoms with van der Waals surface area (Å²) in [7, 11) is 1.59. The van der Waals surface area contributed by atoms with Crippen LogP contribution >= 0.6 is 35.0 Å². The first-order valence-electron chi connectivity index (χ1n) is 7.29. The molecule has 0 radical (unpaired) electrons. The number of amides is 1. The Hall–Kier alpha value is -1.96. The van der Waals surface area contributed by atoms with Crippen LogP contribution in [0, 0.1) is 0 Å². The van der Waals surface area contributed by atoms with E-state index in [1.54, 1.807) is 55.0 Å². The fourth-order valence-corrected chi connectivity index (χ4v) is 3.44. The number of benzene rings is 1. The van der Waals surface area contributed by atoms with Crippen molar-refractivity contribution in [3.8, 4) is 5.75 Å². The molecule has 25 heavy (non-hydrogen) atoms. The molecule has 1 aromatic carbocycles. The second kappa shape index (κ2) is 7.51. The highest BCUT2D eigenvalue weighted by atomic mass is 35.5. The number of carbonyl (C=O) groups excluding carboxylic acids is 1. The van der Waals surface area contributed by atoms with Gasteiger partial charge in [-0.05, 0) is 37.3 Å². The van der Waals surface area contributed by atoms with Crippen LogP contribution in [0.3, 0.4) is 0 Å². The van der Waals surface area contributed by atoms with Gasteiger partial charge in [-0.15, -0.1) is 10.2 Å². The molecule has 3 aromatic rings. The highest BCUT2D eigenvalue weighted by molar-refractivity contribution is 8.00. The number of ether oxygens (including phenoxy) is 1. The maximum Gasteiger partial charge on any atom is 0.237 e. The predicted octanol–water partition coefficient (Wildman–Crippen LogP) is 4.16. The Morgan fingerprint density at radius 2 is 2.00 bits per heavy atom. The second-order valence-electron chi connectivity index (χ2n) is 5.16. The fourth-order valence-electron chi connectivity index (χ4n) is 2.11. The third-order valence-corrected chi connectivity index (χ3v) is 4.95. The molecule has 2 aromatic heterocycles. The van der Waals surface area contributed by atoms with Gasteiger partial charge in [0, 0.05) is 11.9 Å². The number of thioether (sulfide) groups is 1. The molecule has 0 aliphatic heterocycles. The van der Waals surface area contributed by atoms with Gasteiger partial charge < -0.3 is 10.1 Å². The lowest BCUT2D eigenvalue weighted by molar-refractivity contribution is -0.115. The number of halogens is 2. The van der Waals surface area contributed by atoms with E-state index in [-0.39, 0.29) is 5.91 Å². The molecule has 0 saturated carbocycles. The van der Waals surface area contributed by atoms with E-state index in [0.717, 1.165) is 5.75 Å². The molecule has 0 unspecified atom stereocenters. The van der Waals surface area contributed by atoms with Gasteiger partial charge in [0.2, 0.25) is 5.91 Å². The SMILES string of the molecule is COc1ccc(NC(=O)[C@@H](C)Sc2nnc3c(Cl)cc(Cl)cn23)cc1. The summed E-state index contributed by atoms with van der Waals surface area (Å²) in [5, 5.41) is 12.0. The number of pyridine rings is 1. The molecule has 0 fully saturated rings. The van der Waals surface area contributed by atoms with Gasteiger partial charge in [-0.25, -0.2) is 0 Å². The van der Waals surface area contributed by atoms with Crippen molar-refractivity contribution in [1.29, 1.82) is 0 Å². The summed E-state index contributed by atoms with van der Waals surface area (Å²) in [4.78, 5) is 12.4. The van der Waals surface area contributed by atoms with Crippen LogP contribution < -0.4 is 10.1 Å². The van der Waals surface area contributed by atoms with Gasteiger partial charge in [0.05, 0.1) is 22.4 Å². The summed E-state index contributed by atoms with van der Waals surface area (Å²) in [5.41, 5.74) is 1.19. The van der Waals surface area contributed by atoms with E-state index in [9.17, 15) is 4.79 Å². The molecule has 6 nitrogen and oxygen atoms in total. The summed E-state index contributed by atoms with van der Waals surface area (Å²) in [6, 6.07) is 8.72. The minimum Gasteiger partial charge on any atom is -0.497 e. The average molecular weight is 397 g/mol.